The van der Waals surface area contributed by atoms with Gasteiger partial charge in [0.05, 0.1) is 11.2 Å². The third kappa shape index (κ3) is 5.69. The average Bonchev–Trinajstić information content (AvgIpc) is 1.95. The van der Waals surface area contributed by atoms with Crippen LogP contribution in [0.4, 0.5) is 13.2 Å². The molecular weight excluding hydrogens is 243 g/mol. The molecule has 0 saturated carbocycles. The van der Waals surface area contributed by atoms with Gasteiger partial charge in [0.25, 0.3) is 0 Å². The molecule has 3 nitrogen and oxygen atoms in total. The molecular formula is C9H18F3NO2S. The van der Waals surface area contributed by atoms with E-state index in [-0.39, 0.29) is 6.54 Å². The van der Waals surface area contributed by atoms with E-state index in [1.165, 1.54) is 20.8 Å². The normalized spacial score (nSPS) is 16.2. The van der Waals surface area contributed by atoms with E-state index in [4.69, 9.17) is 0 Å². The first kappa shape index (κ1) is 15.7. The summed E-state index contributed by atoms with van der Waals surface area (Å²) in [7, 11) is -3.29. The summed E-state index contributed by atoms with van der Waals surface area (Å²) < 4.78 is 57.5. The molecule has 0 bridgehead atoms. The second kappa shape index (κ2) is 4.91. The van der Waals surface area contributed by atoms with Crippen LogP contribution in [0, 0.1) is 0 Å². The highest BCUT2D eigenvalue weighted by atomic mass is 32.2. The van der Waals surface area contributed by atoms with Gasteiger partial charge in [-0.2, -0.15) is 13.2 Å². The maximum atomic E-state index is 12.0. The van der Waals surface area contributed by atoms with Crippen molar-refractivity contribution in [1.29, 1.82) is 0 Å². The SMILES string of the molecule is CC(CC(F)(F)F)NCC(C)(C)S(C)(=O)=O. The van der Waals surface area contributed by atoms with Gasteiger partial charge in [-0.25, -0.2) is 8.42 Å². The lowest BCUT2D eigenvalue weighted by atomic mass is 10.1. The molecule has 1 atom stereocenters. The minimum Gasteiger partial charge on any atom is -0.312 e. The molecule has 0 aliphatic heterocycles. The van der Waals surface area contributed by atoms with Crippen molar-refractivity contribution in [3.8, 4) is 0 Å². The third-order valence-electron chi connectivity index (χ3n) is 2.42. The second-order valence-corrected chi connectivity index (χ2v) is 7.28. The van der Waals surface area contributed by atoms with Gasteiger partial charge in [0.1, 0.15) is 0 Å². The Kier molecular flexibility index (Phi) is 4.82. The average molecular weight is 261 g/mol. The zero-order valence-corrected chi connectivity index (χ0v) is 10.7. The molecule has 7 heteroatoms. The van der Waals surface area contributed by atoms with Crippen LogP contribution < -0.4 is 5.32 Å². The number of alkyl halides is 3. The van der Waals surface area contributed by atoms with Crippen molar-refractivity contribution >= 4 is 9.84 Å². The molecule has 0 aromatic carbocycles. The lowest BCUT2D eigenvalue weighted by Gasteiger charge is -2.25. The van der Waals surface area contributed by atoms with E-state index in [2.05, 4.69) is 5.32 Å². The summed E-state index contributed by atoms with van der Waals surface area (Å²) in [6, 6.07) is -0.791. The summed E-state index contributed by atoms with van der Waals surface area (Å²) in [5.74, 6) is 0. The largest absolute Gasteiger partial charge is 0.390 e. The molecule has 0 aliphatic carbocycles. The van der Waals surface area contributed by atoms with E-state index in [1.54, 1.807) is 0 Å². The van der Waals surface area contributed by atoms with Gasteiger partial charge in [-0.3, -0.25) is 0 Å². The quantitative estimate of drug-likeness (QED) is 0.820. The number of halogens is 3. The minimum atomic E-state index is -4.23. The first-order valence-electron chi connectivity index (χ1n) is 4.85. The molecule has 0 aromatic heterocycles. The molecule has 0 saturated heterocycles. The zero-order chi connectivity index (χ0) is 13.2. The molecule has 0 fully saturated rings. The predicted molar refractivity (Wildman–Crippen MR) is 57.1 cm³/mol. The monoisotopic (exact) mass is 261 g/mol. The van der Waals surface area contributed by atoms with Crippen molar-refractivity contribution in [2.45, 2.75) is 44.2 Å². The molecule has 0 spiro atoms. The number of hydrogen-bond acceptors (Lipinski definition) is 3. The molecule has 1 N–H and O–H groups in total. The smallest absolute Gasteiger partial charge is 0.312 e. The third-order valence-corrected chi connectivity index (χ3v) is 4.57. The fourth-order valence-electron chi connectivity index (χ4n) is 0.970. The van der Waals surface area contributed by atoms with E-state index >= 15 is 0 Å². The Morgan fingerprint density at radius 1 is 1.25 bits per heavy atom. The van der Waals surface area contributed by atoms with Gasteiger partial charge in [-0.05, 0) is 20.8 Å². The number of nitrogens with one attached hydrogen (secondary N) is 1. The van der Waals surface area contributed by atoms with Gasteiger partial charge in [0.2, 0.25) is 0 Å². The summed E-state index contributed by atoms with van der Waals surface area (Å²) in [5.41, 5.74) is 0. The number of hydrogen-bond donors (Lipinski definition) is 1. The summed E-state index contributed by atoms with van der Waals surface area (Å²) in [6.45, 7) is 4.35. The van der Waals surface area contributed by atoms with E-state index < -0.39 is 33.2 Å². The molecule has 0 aliphatic rings. The van der Waals surface area contributed by atoms with E-state index in [0.717, 1.165) is 6.26 Å². The number of sulfone groups is 1. The van der Waals surface area contributed by atoms with Crippen molar-refractivity contribution in [2.75, 3.05) is 12.8 Å². The van der Waals surface area contributed by atoms with Crippen LogP contribution in [0.1, 0.15) is 27.2 Å². The highest BCUT2D eigenvalue weighted by Crippen LogP contribution is 2.22. The van der Waals surface area contributed by atoms with Gasteiger partial charge in [0, 0.05) is 18.8 Å². The van der Waals surface area contributed by atoms with Crippen LogP contribution in [0.15, 0.2) is 0 Å². The predicted octanol–water partition coefficient (Wildman–Crippen LogP) is 1.74. The van der Waals surface area contributed by atoms with Crippen molar-refractivity contribution < 1.29 is 21.6 Å². The molecule has 0 heterocycles. The van der Waals surface area contributed by atoms with Crippen LogP contribution in [-0.4, -0.2) is 38.2 Å². The molecule has 98 valence electrons. The van der Waals surface area contributed by atoms with Gasteiger partial charge < -0.3 is 5.32 Å². The van der Waals surface area contributed by atoms with Gasteiger partial charge in [-0.1, -0.05) is 0 Å². The fraction of sp³-hybridized carbons (Fsp3) is 1.00. The maximum Gasteiger partial charge on any atom is 0.390 e. The lowest BCUT2D eigenvalue weighted by molar-refractivity contribution is -0.139. The van der Waals surface area contributed by atoms with Crippen LogP contribution in [0.25, 0.3) is 0 Å². The number of rotatable bonds is 5. The summed E-state index contributed by atoms with van der Waals surface area (Å²) in [6.07, 6.45) is -4.13. The molecule has 16 heavy (non-hydrogen) atoms. The van der Waals surface area contributed by atoms with Crippen LogP contribution in [-0.2, 0) is 9.84 Å². The molecule has 0 radical (unpaired) electrons. The van der Waals surface area contributed by atoms with Crippen molar-refractivity contribution in [3.05, 3.63) is 0 Å². The van der Waals surface area contributed by atoms with E-state index in [9.17, 15) is 21.6 Å². The van der Waals surface area contributed by atoms with Crippen molar-refractivity contribution in [1.82, 2.24) is 5.32 Å². The van der Waals surface area contributed by atoms with Crippen LogP contribution in [0.2, 0.25) is 0 Å². The van der Waals surface area contributed by atoms with Crippen LogP contribution in [0.3, 0.4) is 0 Å². The topological polar surface area (TPSA) is 46.2 Å². The summed E-state index contributed by atoms with van der Waals surface area (Å²) in [5, 5.41) is 2.59. The first-order chi connectivity index (χ1) is 6.85. The summed E-state index contributed by atoms with van der Waals surface area (Å²) >= 11 is 0. The van der Waals surface area contributed by atoms with Crippen molar-refractivity contribution in [2.24, 2.45) is 0 Å². The zero-order valence-electron chi connectivity index (χ0n) is 9.85. The highest BCUT2D eigenvalue weighted by molar-refractivity contribution is 7.92. The van der Waals surface area contributed by atoms with Gasteiger partial charge in [-0.15, -0.1) is 0 Å². The Bertz CT molecular complexity index is 322. The van der Waals surface area contributed by atoms with Crippen LogP contribution in [0.5, 0.6) is 0 Å². The molecule has 1 unspecified atom stereocenters. The molecule has 0 aromatic rings. The summed E-state index contributed by atoms with van der Waals surface area (Å²) in [4.78, 5) is 0. The minimum absolute atomic E-state index is 0.00306. The molecule has 0 rings (SSSR count). The first-order valence-corrected chi connectivity index (χ1v) is 6.74. The highest BCUT2D eigenvalue weighted by Gasteiger charge is 2.33. The maximum absolute atomic E-state index is 12.0. The van der Waals surface area contributed by atoms with Crippen molar-refractivity contribution in [3.63, 3.8) is 0 Å². The van der Waals surface area contributed by atoms with E-state index in [0.29, 0.717) is 0 Å². The van der Waals surface area contributed by atoms with E-state index in [1.807, 2.05) is 0 Å². The Labute approximate surface area is 94.3 Å². The Hall–Kier alpha value is -0.300. The van der Waals surface area contributed by atoms with Gasteiger partial charge in [0.15, 0.2) is 9.84 Å². The van der Waals surface area contributed by atoms with Gasteiger partial charge >= 0.3 is 6.18 Å². The Morgan fingerprint density at radius 3 is 2.00 bits per heavy atom. The molecule has 0 amide bonds. The standard InChI is InChI=1S/C9H18F3NO2S/c1-7(5-9(10,11)12)13-6-8(2,3)16(4,14)15/h7,13H,5-6H2,1-4H3. The Balaban J connectivity index is 4.27. The second-order valence-electron chi connectivity index (χ2n) is 4.63. The fourth-order valence-corrected chi connectivity index (χ4v) is 1.32. The lowest BCUT2D eigenvalue weighted by Crippen LogP contribution is -2.45. The van der Waals surface area contributed by atoms with Crippen LogP contribution >= 0.6 is 0 Å². The Morgan fingerprint density at radius 2 is 1.69 bits per heavy atom.